The summed E-state index contributed by atoms with van der Waals surface area (Å²) in [7, 11) is 0. The van der Waals surface area contributed by atoms with Gasteiger partial charge in [0.2, 0.25) is 0 Å². The number of pyridine rings is 1. The molecule has 0 radical (unpaired) electrons. The highest BCUT2D eigenvalue weighted by molar-refractivity contribution is 5.86. The van der Waals surface area contributed by atoms with E-state index in [4.69, 9.17) is 0 Å². The number of hydrogen-bond donors (Lipinski definition) is 0. The standard InChI is InChI=1S/C18H14N2O2/c1-13-7-6-12-19-18(13)16-10-3-2-8-14(16)15-9-4-5-11-17(15)20(21)22/h2-12H,1H3. The molecule has 1 heterocycles. The van der Waals surface area contributed by atoms with Gasteiger partial charge in [0.25, 0.3) is 5.69 Å². The summed E-state index contributed by atoms with van der Waals surface area (Å²) in [5.74, 6) is 0. The molecule has 0 fully saturated rings. The van der Waals surface area contributed by atoms with Gasteiger partial charge in [-0.3, -0.25) is 15.1 Å². The van der Waals surface area contributed by atoms with Crippen LogP contribution in [0.25, 0.3) is 22.4 Å². The van der Waals surface area contributed by atoms with Crippen molar-refractivity contribution in [2.24, 2.45) is 0 Å². The molecule has 0 N–H and O–H groups in total. The Hall–Kier alpha value is -3.01. The van der Waals surface area contributed by atoms with Crippen molar-refractivity contribution in [1.82, 2.24) is 4.98 Å². The van der Waals surface area contributed by atoms with E-state index in [2.05, 4.69) is 4.98 Å². The average Bonchev–Trinajstić information content (AvgIpc) is 2.55. The Labute approximate surface area is 128 Å². The van der Waals surface area contributed by atoms with Gasteiger partial charge in [0.05, 0.1) is 16.2 Å². The molecule has 4 heteroatoms. The third kappa shape index (κ3) is 2.46. The topological polar surface area (TPSA) is 56.0 Å². The lowest BCUT2D eigenvalue weighted by molar-refractivity contribution is -0.384. The van der Waals surface area contributed by atoms with Crippen LogP contribution >= 0.6 is 0 Å². The van der Waals surface area contributed by atoms with Crippen LogP contribution in [0.15, 0.2) is 66.9 Å². The number of nitro groups is 1. The molecule has 0 aliphatic rings. The Bertz CT molecular complexity index is 844. The molecule has 1 aromatic heterocycles. The summed E-state index contributed by atoms with van der Waals surface area (Å²) in [5, 5.41) is 11.3. The highest BCUT2D eigenvalue weighted by atomic mass is 16.6. The molecule has 22 heavy (non-hydrogen) atoms. The molecule has 4 nitrogen and oxygen atoms in total. The van der Waals surface area contributed by atoms with Crippen LogP contribution in [0, 0.1) is 17.0 Å². The molecule has 0 saturated heterocycles. The first-order valence-electron chi connectivity index (χ1n) is 6.93. The largest absolute Gasteiger partial charge is 0.277 e. The summed E-state index contributed by atoms with van der Waals surface area (Å²) in [6, 6.07) is 18.3. The fourth-order valence-electron chi connectivity index (χ4n) is 2.55. The van der Waals surface area contributed by atoms with E-state index in [0.717, 1.165) is 22.4 Å². The number of rotatable bonds is 3. The highest BCUT2D eigenvalue weighted by Crippen LogP contribution is 2.36. The van der Waals surface area contributed by atoms with Gasteiger partial charge in [0.15, 0.2) is 0 Å². The molecule has 3 aromatic rings. The Morgan fingerprint density at radius 3 is 2.18 bits per heavy atom. The monoisotopic (exact) mass is 290 g/mol. The van der Waals surface area contributed by atoms with Crippen LogP contribution in [0.5, 0.6) is 0 Å². The summed E-state index contributed by atoms with van der Waals surface area (Å²) >= 11 is 0. The maximum atomic E-state index is 11.3. The lowest BCUT2D eigenvalue weighted by Crippen LogP contribution is -1.95. The van der Waals surface area contributed by atoms with Gasteiger partial charge in [-0.25, -0.2) is 0 Å². The van der Waals surface area contributed by atoms with Gasteiger partial charge in [0, 0.05) is 17.8 Å². The van der Waals surface area contributed by atoms with Gasteiger partial charge in [0.1, 0.15) is 0 Å². The average molecular weight is 290 g/mol. The maximum Gasteiger partial charge on any atom is 0.277 e. The molecule has 108 valence electrons. The molecule has 2 aromatic carbocycles. The number of para-hydroxylation sites is 1. The molecule has 0 aliphatic heterocycles. The van der Waals surface area contributed by atoms with E-state index in [1.165, 1.54) is 6.07 Å². The summed E-state index contributed by atoms with van der Waals surface area (Å²) in [4.78, 5) is 15.4. The predicted octanol–water partition coefficient (Wildman–Crippen LogP) is 4.63. The zero-order valence-electron chi connectivity index (χ0n) is 12.1. The molecule has 0 unspecified atom stereocenters. The molecule has 0 bridgehead atoms. The Morgan fingerprint density at radius 2 is 1.50 bits per heavy atom. The van der Waals surface area contributed by atoms with E-state index in [1.54, 1.807) is 18.3 Å². The molecule has 0 saturated carbocycles. The van der Waals surface area contributed by atoms with Crippen molar-refractivity contribution in [3.63, 3.8) is 0 Å². The zero-order chi connectivity index (χ0) is 15.5. The van der Waals surface area contributed by atoms with Crippen LogP contribution in [-0.4, -0.2) is 9.91 Å². The first-order valence-corrected chi connectivity index (χ1v) is 6.93. The smallest absolute Gasteiger partial charge is 0.258 e. The van der Waals surface area contributed by atoms with Crippen molar-refractivity contribution in [2.75, 3.05) is 0 Å². The normalized spacial score (nSPS) is 10.4. The number of aryl methyl sites for hydroxylation is 1. The van der Waals surface area contributed by atoms with Crippen molar-refractivity contribution in [3.8, 4) is 22.4 Å². The van der Waals surface area contributed by atoms with Gasteiger partial charge in [-0.2, -0.15) is 0 Å². The first-order chi connectivity index (χ1) is 10.7. The minimum absolute atomic E-state index is 0.100. The van der Waals surface area contributed by atoms with Crippen LogP contribution in [0.1, 0.15) is 5.56 Å². The quantitative estimate of drug-likeness (QED) is 0.522. The fraction of sp³-hybridized carbons (Fsp3) is 0.0556. The van der Waals surface area contributed by atoms with Crippen molar-refractivity contribution in [1.29, 1.82) is 0 Å². The molecular weight excluding hydrogens is 276 g/mol. The van der Waals surface area contributed by atoms with E-state index >= 15 is 0 Å². The molecule has 0 aliphatic carbocycles. The summed E-state index contributed by atoms with van der Waals surface area (Å²) in [6.07, 6.45) is 1.73. The number of nitrogens with zero attached hydrogens (tertiary/aromatic N) is 2. The fourth-order valence-corrected chi connectivity index (χ4v) is 2.55. The minimum Gasteiger partial charge on any atom is -0.258 e. The van der Waals surface area contributed by atoms with E-state index in [1.807, 2.05) is 49.4 Å². The maximum absolute atomic E-state index is 11.3. The lowest BCUT2D eigenvalue weighted by Gasteiger charge is -2.11. The van der Waals surface area contributed by atoms with Crippen LogP contribution in [0.3, 0.4) is 0 Å². The SMILES string of the molecule is Cc1cccnc1-c1ccccc1-c1ccccc1[N+](=O)[O-]. The van der Waals surface area contributed by atoms with Gasteiger partial charge in [-0.15, -0.1) is 0 Å². The molecule has 3 rings (SSSR count). The van der Waals surface area contributed by atoms with Gasteiger partial charge in [-0.1, -0.05) is 42.5 Å². The highest BCUT2D eigenvalue weighted by Gasteiger charge is 2.18. The second-order valence-electron chi connectivity index (χ2n) is 4.99. The van der Waals surface area contributed by atoms with Gasteiger partial charge >= 0.3 is 0 Å². The number of benzene rings is 2. The predicted molar refractivity (Wildman–Crippen MR) is 86.5 cm³/mol. The third-order valence-electron chi connectivity index (χ3n) is 3.58. The van der Waals surface area contributed by atoms with E-state index in [-0.39, 0.29) is 10.6 Å². The second kappa shape index (κ2) is 5.77. The van der Waals surface area contributed by atoms with Crippen LogP contribution in [0.4, 0.5) is 5.69 Å². The van der Waals surface area contributed by atoms with Crippen LogP contribution in [-0.2, 0) is 0 Å². The Balaban J connectivity index is 2.27. The lowest BCUT2D eigenvalue weighted by atomic mass is 9.94. The van der Waals surface area contributed by atoms with Crippen molar-refractivity contribution in [2.45, 2.75) is 6.92 Å². The van der Waals surface area contributed by atoms with Gasteiger partial charge in [-0.05, 0) is 30.2 Å². The first kappa shape index (κ1) is 13.9. The molecule has 0 atom stereocenters. The van der Waals surface area contributed by atoms with Crippen molar-refractivity contribution >= 4 is 5.69 Å². The Kier molecular flexibility index (Phi) is 3.66. The third-order valence-corrected chi connectivity index (χ3v) is 3.58. The minimum atomic E-state index is -0.350. The van der Waals surface area contributed by atoms with Crippen molar-refractivity contribution < 1.29 is 4.92 Å². The summed E-state index contributed by atoms with van der Waals surface area (Å²) < 4.78 is 0. The summed E-state index contributed by atoms with van der Waals surface area (Å²) in [6.45, 7) is 1.98. The van der Waals surface area contributed by atoms with Gasteiger partial charge < -0.3 is 0 Å². The summed E-state index contributed by atoms with van der Waals surface area (Å²) in [5.41, 5.74) is 4.30. The second-order valence-corrected chi connectivity index (χ2v) is 4.99. The van der Waals surface area contributed by atoms with E-state index in [9.17, 15) is 10.1 Å². The van der Waals surface area contributed by atoms with E-state index < -0.39 is 0 Å². The number of hydrogen-bond acceptors (Lipinski definition) is 3. The number of aromatic nitrogens is 1. The molecule has 0 spiro atoms. The number of nitro benzene ring substituents is 1. The van der Waals surface area contributed by atoms with Crippen molar-refractivity contribution in [3.05, 3.63) is 82.5 Å². The van der Waals surface area contributed by atoms with Crippen LogP contribution in [0.2, 0.25) is 0 Å². The Morgan fingerprint density at radius 1 is 0.864 bits per heavy atom. The molecule has 0 amide bonds. The zero-order valence-corrected chi connectivity index (χ0v) is 12.1. The van der Waals surface area contributed by atoms with Crippen LogP contribution < -0.4 is 0 Å². The van der Waals surface area contributed by atoms with E-state index in [0.29, 0.717) is 5.56 Å². The molecular formula is C18H14N2O2.